The van der Waals surface area contributed by atoms with E-state index in [1.807, 2.05) is 60.4 Å². The summed E-state index contributed by atoms with van der Waals surface area (Å²) in [6.07, 6.45) is 1.14. The predicted octanol–water partition coefficient (Wildman–Crippen LogP) is 4.47. The molecule has 2 aromatic carbocycles. The number of nitrogens with two attached hydrogens (primary N) is 1. The van der Waals surface area contributed by atoms with Gasteiger partial charge in [0.1, 0.15) is 0 Å². The van der Waals surface area contributed by atoms with Gasteiger partial charge in [0.05, 0.1) is 11.3 Å². The van der Waals surface area contributed by atoms with Crippen LogP contribution < -0.4 is 5.73 Å². The molecule has 2 amide bonds. The summed E-state index contributed by atoms with van der Waals surface area (Å²) in [5.41, 5.74) is 8.37. The molecule has 5 heteroatoms. The number of carbonyl (C=O) groups is 2. The number of nitrogens with zero attached hydrogens (tertiary/aromatic N) is 1. The van der Waals surface area contributed by atoms with Crippen molar-refractivity contribution in [2.24, 2.45) is 11.1 Å². The van der Waals surface area contributed by atoms with Crippen LogP contribution in [0.25, 0.3) is 10.4 Å². The minimum Gasteiger partial charge on any atom is -0.369 e. The maximum absolute atomic E-state index is 13.1. The van der Waals surface area contributed by atoms with Crippen molar-refractivity contribution in [1.82, 2.24) is 4.90 Å². The van der Waals surface area contributed by atoms with E-state index in [2.05, 4.69) is 23.6 Å². The van der Waals surface area contributed by atoms with Crippen LogP contribution >= 0.6 is 11.3 Å². The van der Waals surface area contributed by atoms with E-state index in [1.54, 1.807) is 11.3 Å². The van der Waals surface area contributed by atoms with Crippen LogP contribution in [0, 0.1) is 5.41 Å². The molecular weight excluding hydrogens is 392 g/mol. The molecule has 0 aliphatic carbocycles. The van der Waals surface area contributed by atoms with E-state index in [-0.39, 0.29) is 17.7 Å². The summed E-state index contributed by atoms with van der Waals surface area (Å²) in [7, 11) is 0. The summed E-state index contributed by atoms with van der Waals surface area (Å²) in [4.78, 5) is 28.6. The first-order valence-corrected chi connectivity index (χ1v) is 11.1. The minimum atomic E-state index is -0.722. The molecule has 2 unspecified atom stereocenters. The summed E-state index contributed by atoms with van der Waals surface area (Å²) < 4.78 is 0. The van der Waals surface area contributed by atoms with E-state index >= 15 is 0 Å². The van der Waals surface area contributed by atoms with Gasteiger partial charge in [-0.3, -0.25) is 9.59 Å². The fourth-order valence-corrected chi connectivity index (χ4v) is 5.04. The van der Waals surface area contributed by atoms with Gasteiger partial charge in [-0.2, -0.15) is 0 Å². The Labute approximate surface area is 181 Å². The normalized spacial score (nSPS) is 19.6. The predicted molar refractivity (Wildman–Crippen MR) is 121 cm³/mol. The third-order valence-corrected chi connectivity index (χ3v) is 7.05. The first-order chi connectivity index (χ1) is 14.5. The molecule has 0 saturated carbocycles. The third kappa shape index (κ3) is 4.03. The highest BCUT2D eigenvalue weighted by molar-refractivity contribution is 7.13. The molecule has 30 heavy (non-hydrogen) atoms. The highest BCUT2D eigenvalue weighted by atomic mass is 32.1. The van der Waals surface area contributed by atoms with Gasteiger partial charge in [0.25, 0.3) is 0 Å². The molecular formula is C25H26N2O2S. The second kappa shape index (κ2) is 8.44. The first kappa shape index (κ1) is 20.4. The first-order valence-electron chi connectivity index (χ1n) is 10.2. The number of rotatable bonds is 6. The van der Waals surface area contributed by atoms with Gasteiger partial charge in [-0.15, -0.1) is 11.3 Å². The standard InChI is InChI=1S/C25H26N2O2S/c1-18(20-8-3-2-4-9-20)23(28)27-13-12-25(17-27,24(26)29)16-19-7-5-10-21(15-19)22-11-6-14-30-22/h2-11,14-15,18H,12-13,16-17H2,1H3,(H2,26,29). The molecule has 1 aliphatic heterocycles. The average Bonchev–Trinajstić information content (AvgIpc) is 3.45. The molecule has 3 aromatic rings. The lowest BCUT2D eigenvalue weighted by molar-refractivity contribution is -0.133. The van der Waals surface area contributed by atoms with Crippen molar-refractivity contribution >= 4 is 23.2 Å². The topological polar surface area (TPSA) is 63.4 Å². The van der Waals surface area contributed by atoms with Gasteiger partial charge in [0, 0.05) is 18.0 Å². The summed E-state index contributed by atoms with van der Waals surface area (Å²) >= 11 is 1.69. The van der Waals surface area contributed by atoms with Crippen molar-refractivity contribution in [1.29, 1.82) is 0 Å². The molecule has 2 N–H and O–H groups in total. The van der Waals surface area contributed by atoms with Crippen molar-refractivity contribution in [2.45, 2.75) is 25.7 Å². The van der Waals surface area contributed by atoms with Crippen molar-refractivity contribution in [3.63, 3.8) is 0 Å². The van der Waals surface area contributed by atoms with Crippen LogP contribution in [-0.4, -0.2) is 29.8 Å². The zero-order chi connectivity index (χ0) is 21.1. The number of amides is 2. The number of benzene rings is 2. The molecule has 154 valence electrons. The molecule has 2 atom stereocenters. The van der Waals surface area contributed by atoms with E-state index in [0.717, 1.165) is 16.7 Å². The zero-order valence-corrected chi connectivity index (χ0v) is 17.9. The number of hydrogen-bond donors (Lipinski definition) is 1. The molecule has 0 spiro atoms. The average molecular weight is 419 g/mol. The summed E-state index contributed by atoms with van der Waals surface area (Å²) in [6, 6.07) is 22.2. The Hall–Kier alpha value is -2.92. The summed E-state index contributed by atoms with van der Waals surface area (Å²) in [6.45, 7) is 2.86. The van der Waals surface area contributed by atoms with Gasteiger partial charge in [-0.25, -0.2) is 0 Å². The molecule has 0 radical (unpaired) electrons. The van der Waals surface area contributed by atoms with E-state index in [4.69, 9.17) is 5.73 Å². The minimum absolute atomic E-state index is 0.0525. The van der Waals surface area contributed by atoms with Crippen molar-refractivity contribution < 1.29 is 9.59 Å². The van der Waals surface area contributed by atoms with Crippen LogP contribution in [-0.2, 0) is 16.0 Å². The number of primary amides is 1. The summed E-state index contributed by atoms with van der Waals surface area (Å²) in [5, 5.41) is 2.06. The number of likely N-dealkylation sites (tertiary alicyclic amines) is 1. The van der Waals surface area contributed by atoms with Gasteiger partial charge in [-0.1, -0.05) is 60.7 Å². The smallest absolute Gasteiger partial charge is 0.229 e. The van der Waals surface area contributed by atoms with Crippen LogP contribution in [0.3, 0.4) is 0 Å². The molecule has 4 rings (SSSR count). The second-order valence-corrected chi connectivity index (χ2v) is 9.09. The fraction of sp³-hybridized carbons (Fsp3) is 0.280. The van der Waals surface area contributed by atoms with E-state index in [1.165, 1.54) is 4.88 Å². The Morgan fingerprint density at radius 1 is 1.10 bits per heavy atom. The highest BCUT2D eigenvalue weighted by Crippen LogP contribution is 2.36. The molecule has 2 heterocycles. The van der Waals surface area contributed by atoms with Gasteiger partial charge in [-0.05, 0) is 47.9 Å². The number of hydrogen-bond acceptors (Lipinski definition) is 3. The molecule has 0 bridgehead atoms. The Morgan fingerprint density at radius 2 is 1.90 bits per heavy atom. The van der Waals surface area contributed by atoms with Crippen molar-refractivity contribution in [3.05, 3.63) is 83.2 Å². The molecule has 1 aromatic heterocycles. The lowest BCUT2D eigenvalue weighted by Crippen LogP contribution is -2.43. The SMILES string of the molecule is CC(C(=O)N1CCC(Cc2cccc(-c3cccs3)c2)(C(N)=O)C1)c1ccccc1. The van der Waals surface area contributed by atoms with Crippen molar-refractivity contribution in [3.8, 4) is 10.4 Å². The van der Waals surface area contributed by atoms with E-state index in [0.29, 0.717) is 25.9 Å². The molecule has 1 fully saturated rings. The number of thiophene rings is 1. The second-order valence-electron chi connectivity index (χ2n) is 8.14. The molecule has 1 saturated heterocycles. The van der Waals surface area contributed by atoms with Crippen LogP contribution in [0.5, 0.6) is 0 Å². The van der Waals surface area contributed by atoms with Gasteiger partial charge >= 0.3 is 0 Å². The van der Waals surface area contributed by atoms with Crippen LogP contribution in [0.1, 0.15) is 30.4 Å². The van der Waals surface area contributed by atoms with Gasteiger partial charge < -0.3 is 10.6 Å². The third-order valence-electron chi connectivity index (χ3n) is 6.13. The van der Waals surface area contributed by atoms with Crippen LogP contribution in [0.2, 0.25) is 0 Å². The van der Waals surface area contributed by atoms with Crippen LogP contribution in [0.4, 0.5) is 0 Å². The maximum atomic E-state index is 13.1. The largest absolute Gasteiger partial charge is 0.369 e. The quantitative estimate of drug-likeness (QED) is 0.642. The van der Waals surface area contributed by atoms with E-state index < -0.39 is 5.41 Å². The maximum Gasteiger partial charge on any atom is 0.229 e. The molecule has 4 nitrogen and oxygen atoms in total. The monoisotopic (exact) mass is 418 g/mol. The number of carbonyl (C=O) groups excluding carboxylic acids is 2. The Morgan fingerprint density at radius 3 is 2.60 bits per heavy atom. The zero-order valence-electron chi connectivity index (χ0n) is 17.1. The summed E-state index contributed by atoms with van der Waals surface area (Å²) in [5.74, 6) is -0.514. The van der Waals surface area contributed by atoms with Crippen molar-refractivity contribution in [2.75, 3.05) is 13.1 Å². The molecule has 1 aliphatic rings. The Balaban J connectivity index is 1.53. The highest BCUT2D eigenvalue weighted by Gasteiger charge is 2.45. The lowest BCUT2D eigenvalue weighted by atomic mass is 9.80. The van der Waals surface area contributed by atoms with Gasteiger partial charge in [0.15, 0.2) is 0 Å². The van der Waals surface area contributed by atoms with Gasteiger partial charge in [0.2, 0.25) is 11.8 Å². The Bertz CT molecular complexity index is 1030. The fourth-order valence-electron chi connectivity index (χ4n) is 4.32. The van der Waals surface area contributed by atoms with E-state index in [9.17, 15) is 9.59 Å². The Kier molecular flexibility index (Phi) is 5.73. The van der Waals surface area contributed by atoms with Crippen LogP contribution in [0.15, 0.2) is 72.1 Å². The lowest BCUT2D eigenvalue weighted by Gasteiger charge is -2.27.